The van der Waals surface area contributed by atoms with Crippen LogP contribution in [0.2, 0.25) is 0 Å². The van der Waals surface area contributed by atoms with Gasteiger partial charge in [0, 0.05) is 0 Å². The van der Waals surface area contributed by atoms with Crippen LogP contribution in [-0.2, 0) is 4.79 Å². The molecule has 0 radical (unpaired) electrons. The van der Waals surface area contributed by atoms with E-state index in [1.165, 1.54) is 0 Å². The first kappa shape index (κ1) is 8.53. The van der Waals surface area contributed by atoms with Crippen LogP contribution in [0.15, 0.2) is 0 Å². The van der Waals surface area contributed by atoms with Gasteiger partial charge < -0.3 is 10.2 Å². The first-order chi connectivity index (χ1) is 5.10. The minimum Gasteiger partial charge on any atom is -0.481 e. The number of aliphatic hydroxyl groups is 1. The fourth-order valence-electron chi connectivity index (χ4n) is 1.80. The van der Waals surface area contributed by atoms with Gasteiger partial charge in [0.2, 0.25) is 0 Å². The average Bonchev–Trinajstić information content (AvgIpc) is 2.33. The Bertz CT molecular complexity index is 167. The second-order valence-electron chi connectivity index (χ2n) is 3.59. The Morgan fingerprint density at radius 1 is 1.73 bits per heavy atom. The number of hydrogen-bond donors (Lipinski definition) is 2. The molecule has 3 heteroatoms. The van der Waals surface area contributed by atoms with Crippen molar-refractivity contribution in [1.29, 1.82) is 0 Å². The van der Waals surface area contributed by atoms with Gasteiger partial charge in [-0.2, -0.15) is 0 Å². The van der Waals surface area contributed by atoms with Crippen LogP contribution in [-0.4, -0.2) is 22.8 Å². The zero-order chi connectivity index (χ0) is 8.48. The van der Waals surface area contributed by atoms with E-state index in [1.54, 1.807) is 0 Å². The summed E-state index contributed by atoms with van der Waals surface area (Å²) in [5.74, 6) is -0.400. The quantitative estimate of drug-likeness (QED) is 0.627. The molecular formula is C8H14O3. The van der Waals surface area contributed by atoms with Gasteiger partial charge >= 0.3 is 5.97 Å². The molecule has 1 aliphatic carbocycles. The Kier molecular flexibility index (Phi) is 2.18. The molecule has 0 aliphatic heterocycles. The Balaban J connectivity index is 2.70. The summed E-state index contributed by atoms with van der Waals surface area (Å²) < 4.78 is 0. The molecule has 0 aromatic rings. The van der Waals surface area contributed by atoms with Gasteiger partial charge in [-0.05, 0) is 25.2 Å². The van der Waals surface area contributed by atoms with Gasteiger partial charge in [-0.15, -0.1) is 0 Å². The lowest BCUT2D eigenvalue weighted by Crippen LogP contribution is -2.31. The third-order valence-corrected chi connectivity index (χ3v) is 2.61. The van der Waals surface area contributed by atoms with Crippen molar-refractivity contribution in [3.8, 4) is 0 Å². The zero-order valence-corrected chi connectivity index (χ0v) is 6.71. The highest BCUT2D eigenvalue weighted by Gasteiger charge is 2.43. The van der Waals surface area contributed by atoms with Crippen LogP contribution in [0.25, 0.3) is 0 Å². The van der Waals surface area contributed by atoms with Gasteiger partial charge in [-0.25, -0.2) is 0 Å². The van der Waals surface area contributed by atoms with Crippen LogP contribution >= 0.6 is 0 Å². The number of rotatable bonds is 2. The highest BCUT2D eigenvalue weighted by Crippen LogP contribution is 2.41. The van der Waals surface area contributed by atoms with Crippen molar-refractivity contribution in [3.05, 3.63) is 0 Å². The summed E-state index contributed by atoms with van der Waals surface area (Å²) in [5.41, 5.74) is -0.820. The summed E-state index contributed by atoms with van der Waals surface area (Å²) in [5, 5.41) is 17.7. The molecule has 0 aromatic heterocycles. The zero-order valence-electron chi connectivity index (χ0n) is 6.71. The molecule has 64 valence electrons. The monoisotopic (exact) mass is 158 g/mol. The Morgan fingerprint density at radius 2 is 2.36 bits per heavy atom. The summed E-state index contributed by atoms with van der Waals surface area (Å²) in [6.07, 6.45) is 2.17. The van der Waals surface area contributed by atoms with Crippen molar-refractivity contribution in [3.63, 3.8) is 0 Å². The highest BCUT2D eigenvalue weighted by atomic mass is 16.4. The van der Waals surface area contributed by atoms with E-state index in [9.17, 15) is 4.79 Å². The van der Waals surface area contributed by atoms with E-state index in [0.29, 0.717) is 18.8 Å². The maximum absolute atomic E-state index is 10.7. The SMILES string of the molecule is CC1CCC(CO)(C(=O)O)C1. The lowest BCUT2D eigenvalue weighted by molar-refractivity contribution is -0.151. The smallest absolute Gasteiger partial charge is 0.311 e. The lowest BCUT2D eigenvalue weighted by Gasteiger charge is -2.20. The standard InChI is InChI=1S/C8H14O3/c1-6-2-3-8(4-6,5-9)7(10)11/h6,9H,2-5H2,1H3,(H,10,11). The first-order valence-corrected chi connectivity index (χ1v) is 3.95. The number of aliphatic carboxylic acids is 1. The van der Waals surface area contributed by atoms with Crippen molar-refractivity contribution in [2.75, 3.05) is 6.61 Å². The van der Waals surface area contributed by atoms with Gasteiger partial charge in [0.1, 0.15) is 0 Å². The van der Waals surface area contributed by atoms with Crippen LogP contribution in [0.4, 0.5) is 0 Å². The molecule has 0 amide bonds. The topological polar surface area (TPSA) is 57.5 Å². The van der Waals surface area contributed by atoms with E-state index in [2.05, 4.69) is 0 Å². The maximum atomic E-state index is 10.7. The van der Waals surface area contributed by atoms with Crippen molar-refractivity contribution >= 4 is 5.97 Å². The summed E-state index contributed by atoms with van der Waals surface area (Å²) in [6, 6.07) is 0. The molecule has 2 unspecified atom stereocenters. The van der Waals surface area contributed by atoms with Crippen molar-refractivity contribution < 1.29 is 15.0 Å². The molecule has 1 rings (SSSR count). The predicted molar refractivity (Wildman–Crippen MR) is 40.2 cm³/mol. The number of carboxylic acid groups (broad SMARTS) is 1. The summed E-state index contributed by atoms with van der Waals surface area (Å²) in [6.45, 7) is 1.81. The van der Waals surface area contributed by atoms with Crippen molar-refractivity contribution in [1.82, 2.24) is 0 Å². The van der Waals surface area contributed by atoms with Gasteiger partial charge in [0.15, 0.2) is 0 Å². The molecule has 0 saturated heterocycles. The van der Waals surface area contributed by atoms with E-state index >= 15 is 0 Å². The molecule has 11 heavy (non-hydrogen) atoms. The molecule has 3 nitrogen and oxygen atoms in total. The molecular weight excluding hydrogens is 144 g/mol. The van der Waals surface area contributed by atoms with Crippen LogP contribution in [0.1, 0.15) is 26.2 Å². The number of aliphatic hydroxyl groups excluding tert-OH is 1. The van der Waals surface area contributed by atoms with Crippen LogP contribution in [0, 0.1) is 11.3 Å². The van der Waals surface area contributed by atoms with Crippen LogP contribution in [0.5, 0.6) is 0 Å². The van der Waals surface area contributed by atoms with E-state index in [-0.39, 0.29) is 6.61 Å². The van der Waals surface area contributed by atoms with Gasteiger partial charge in [0.25, 0.3) is 0 Å². The van der Waals surface area contributed by atoms with Crippen molar-refractivity contribution in [2.24, 2.45) is 11.3 Å². The first-order valence-electron chi connectivity index (χ1n) is 3.95. The summed E-state index contributed by atoms with van der Waals surface area (Å²) in [4.78, 5) is 10.7. The molecule has 1 fully saturated rings. The van der Waals surface area contributed by atoms with E-state index < -0.39 is 11.4 Å². The minimum absolute atomic E-state index is 0.216. The fraction of sp³-hybridized carbons (Fsp3) is 0.875. The van der Waals surface area contributed by atoms with E-state index in [1.807, 2.05) is 6.92 Å². The third kappa shape index (κ3) is 1.38. The summed E-state index contributed by atoms with van der Waals surface area (Å²) >= 11 is 0. The largest absolute Gasteiger partial charge is 0.481 e. The van der Waals surface area contributed by atoms with Gasteiger partial charge in [0.05, 0.1) is 12.0 Å². The van der Waals surface area contributed by atoms with Crippen LogP contribution in [0.3, 0.4) is 0 Å². The summed E-state index contributed by atoms with van der Waals surface area (Å²) in [7, 11) is 0. The second kappa shape index (κ2) is 2.81. The van der Waals surface area contributed by atoms with Gasteiger partial charge in [-0.3, -0.25) is 4.79 Å². The van der Waals surface area contributed by atoms with Crippen molar-refractivity contribution in [2.45, 2.75) is 26.2 Å². The number of carbonyl (C=O) groups is 1. The Labute approximate surface area is 66.0 Å². The second-order valence-corrected chi connectivity index (χ2v) is 3.59. The predicted octanol–water partition coefficient (Wildman–Crippen LogP) is 0.870. The minimum atomic E-state index is -0.843. The Hall–Kier alpha value is -0.570. The number of carboxylic acids is 1. The highest BCUT2D eigenvalue weighted by molar-refractivity contribution is 5.75. The Morgan fingerprint density at radius 3 is 2.55 bits per heavy atom. The van der Waals surface area contributed by atoms with E-state index in [0.717, 1.165) is 6.42 Å². The molecule has 2 N–H and O–H groups in total. The average molecular weight is 158 g/mol. The molecule has 0 aromatic carbocycles. The molecule has 1 saturated carbocycles. The molecule has 2 atom stereocenters. The maximum Gasteiger partial charge on any atom is 0.311 e. The molecule has 0 bridgehead atoms. The van der Waals surface area contributed by atoms with Gasteiger partial charge in [-0.1, -0.05) is 6.92 Å². The van der Waals surface area contributed by atoms with Crippen LogP contribution < -0.4 is 0 Å². The number of hydrogen-bond acceptors (Lipinski definition) is 2. The fourth-order valence-corrected chi connectivity index (χ4v) is 1.80. The molecule has 0 heterocycles. The lowest BCUT2D eigenvalue weighted by atomic mass is 9.87. The van der Waals surface area contributed by atoms with E-state index in [4.69, 9.17) is 10.2 Å². The third-order valence-electron chi connectivity index (χ3n) is 2.61. The molecule has 0 spiro atoms. The normalized spacial score (nSPS) is 37.5. The molecule has 1 aliphatic rings.